The fourth-order valence-electron chi connectivity index (χ4n) is 5.10. The third-order valence-electron chi connectivity index (χ3n) is 7.85. The predicted octanol–water partition coefficient (Wildman–Crippen LogP) is 3.40. The second-order valence-electron chi connectivity index (χ2n) is 11.4. The Morgan fingerprint density at radius 1 is 1.22 bits per heavy atom. The zero-order valence-electron chi connectivity index (χ0n) is 23.9. The molecule has 244 valence electrons. The zero-order chi connectivity index (χ0) is 32.6. The lowest BCUT2D eigenvalue weighted by Gasteiger charge is -2.34. The number of H-pyrrole nitrogens is 1. The largest absolute Gasteiger partial charge is 0.542 e. The van der Waals surface area contributed by atoms with Crippen molar-refractivity contribution in [2.45, 2.75) is 74.5 Å². The van der Waals surface area contributed by atoms with Gasteiger partial charge in [0.05, 0.1) is 12.5 Å². The Hall–Kier alpha value is -3.86. The van der Waals surface area contributed by atoms with Crippen molar-refractivity contribution >= 4 is 21.9 Å². The molecule has 3 aromatic rings. The van der Waals surface area contributed by atoms with Gasteiger partial charge in [-0.2, -0.15) is 26.3 Å². The summed E-state index contributed by atoms with van der Waals surface area (Å²) in [4.78, 5) is 18.5. The number of carbonyl (C=O) groups is 1. The molecule has 2 saturated carbocycles. The van der Waals surface area contributed by atoms with E-state index in [-0.39, 0.29) is 42.3 Å². The monoisotopic (exact) mass is 659 g/mol. The van der Waals surface area contributed by atoms with Gasteiger partial charge >= 0.3 is 22.1 Å². The number of nitrogens with one attached hydrogen (secondary N) is 2. The molecule has 6 rings (SSSR count). The van der Waals surface area contributed by atoms with Gasteiger partial charge in [-0.3, -0.25) is 9.42 Å². The van der Waals surface area contributed by atoms with E-state index in [1.54, 1.807) is 24.4 Å². The highest BCUT2D eigenvalue weighted by Crippen LogP contribution is 2.42. The molecule has 1 aromatic carbocycles. The Balaban J connectivity index is 0.000000515. The fourth-order valence-corrected chi connectivity index (χ4v) is 6.11. The Bertz CT molecular complexity index is 1620. The van der Waals surface area contributed by atoms with Crippen LogP contribution in [0.15, 0.2) is 45.9 Å². The number of aromatic nitrogens is 3. The van der Waals surface area contributed by atoms with Crippen molar-refractivity contribution < 1.29 is 54.5 Å². The van der Waals surface area contributed by atoms with Crippen LogP contribution in [0.3, 0.4) is 0 Å². The van der Waals surface area contributed by atoms with Crippen molar-refractivity contribution in [2.24, 2.45) is 5.92 Å². The molecule has 11 nitrogen and oxygen atoms in total. The van der Waals surface area contributed by atoms with Gasteiger partial charge in [-0.15, -0.1) is 0 Å². The van der Waals surface area contributed by atoms with Crippen molar-refractivity contribution in [2.75, 3.05) is 17.9 Å². The van der Waals surface area contributed by atoms with Gasteiger partial charge < -0.3 is 14.6 Å². The summed E-state index contributed by atoms with van der Waals surface area (Å²) >= 11 is 0. The minimum atomic E-state index is -5.19. The first-order valence-electron chi connectivity index (χ1n) is 14.1. The number of fused-ring (bicyclic) bond motifs is 1. The van der Waals surface area contributed by atoms with E-state index >= 15 is 0 Å². The average Bonchev–Trinajstić information content (AvgIpc) is 3.72. The summed E-state index contributed by atoms with van der Waals surface area (Å²) in [6, 6.07) is 8.96. The van der Waals surface area contributed by atoms with Crippen LogP contribution in [0.4, 0.5) is 27.9 Å². The number of nitrogens with zero attached hydrogens (tertiary/aromatic N) is 3. The molecule has 1 atom stereocenters. The van der Waals surface area contributed by atoms with Crippen molar-refractivity contribution in [3.8, 4) is 5.88 Å². The van der Waals surface area contributed by atoms with Gasteiger partial charge in [0, 0.05) is 50.2 Å². The van der Waals surface area contributed by atoms with Gasteiger partial charge in [0.1, 0.15) is 16.0 Å². The minimum absolute atomic E-state index is 0.0407. The smallest absolute Gasteiger partial charge is 0.446 e. The second-order valence-corrected chi connectivity index (χ2v) is 13.1. The maximum atomic E-state index is 13.0. The van der Waals surface area contributed by atoms with Gasteiger partial charge in [-0.1, -0.05) is 12.1 Å². The quantitative estimate of drug-likeness (QED) is 0.341. The Kier molecular flexibility index (Phi) is 9.04. The standard InChI is InChI=1S/C26H29F2N5O4S.C2HF3O2/c1-16(20-5-7-23(29-13-20)36-15-17-11-26(27,28)12-17)33-9-8-18-4-6-22(10-21(18)14-33)38(34,35)32-25-30-24(37-31-25)19-2-3-19;3-2(4,5)1(6)7/h4-7,10,13,16-17,19H,2-3,8-9,11-12,14-15H2,1H3,(H,31,32);(H,6,7)/t16-;/m1./s1. The second kappa shape index (κ2) is 12.5. The van der Waals surface area contributed by atoms with Crippen LogP contribution < -0.4 is 19.5 Å². The lowest BCUT2D eigenvalue weighted by Crippen LogP contribution is -2.38. The normalized spacial score (nSPS) is 19.0. The number of aromatic amines is 1. The number of hydrogen-bond donors (Lipinski definition) is 1. The third kappa shape index (κ3) is 8.25. The number of pyridine rings is 1. The number of hydrogen-bond acceptors (Lipinski definition) is 9. The van der Waals surface area contributed by atoms with Crippen molar-refractivity contribution in [3.05, 3.63) is 59.1 Å². The van der Waals surface area contributed by atoms with Gasteiger partial charge in [0.25, 0.3) is 5.89 Å². The van der Waals surface area contributed by atoms with E-state index in [0.29, 0.717) is 24.2 Å². The molecule has 45 heavy (non-hydrogen) atoms. The molecule has 3 heterocycles. The summed E-state index contributed by atoms with van der Waals surface area (Å²) in [5.41, 5.74) is 3.08. The van der Waals surface area contributed by atoms with E-state index in [0.717, 1.165) is 42.5 Å². The van der Waals surface area contributed by atoms with Gasteiger partial charge in [0.15, 0.2) is 0 Å². The Morgan fingerprint density at radius 2 is 1.93 bits per heavy atom. The first kappa shape index (κ1) is 32.5. The number of aliphatic carboxylic acids is 1. The molecule has 0 amide bonds. The van der Waals surface area contributed by atoms with E-state index in [4.69, 9.17) is 19.2 Å². The zero-order valence-corrected chi connectivity index (χ0v) is 24.8. The molecular formula is C28H30F5N5O6S. The molecule has 2 N–H and O–H groups in total. The van der Waals surface area contributed by atoms with Crippen LogP contribution in [-0.2, 0) is 27.8 Å². The summed E-state index contributed by atoms with van der Waals surface area (Å²) in [7, 11) is -3.84. The van der Waals surface area contributed by atoms with Crippen LogP contribution in [-0.4, -0.2) is 54.7 Å². The van der Waals surface area contributed by atoms with E-state index in [9.17, 15) is 30.4 Å². The number of sulfonamides is 1. The molecule has 0 unspecified atom stereocenters. The van der Waals surface area contributed by atoms with Crippen LogP contribution in [0.25, 0.3) is 0 Å². The molecule has 0 spiro atoms. The highest BCUT2D eigenvalue weighted by Gasteiger charge is 2.45. The van der Waals surface area contributed by atoms with Crippen LogP contribution in [0.5, 0.6) is 5.88 Å². The summed E-state index contributed by atoms with van der Waals surface area (Å²) < 4.78 is 96.9. The Morgan fingerprint density at radius 3 is 2.53 bits per heavy atom. The van der Waals surface area contributed by atoms with Crippen molar-refractivity contribution in [3.63, 3.8) is 0 Å². The molecule has 0 saturated heterocycles. The maximum absolute atomic E-state index is 13.0. The van der Waals surface area contributed by atoms with E-state index in [2.05, 4.69) is 31.7 Å². The van der Waals surface area contributed by atoms with E-state index < -0.39 is 28.1 Å². The van der Waals surface area contributed by atoms with Gasteiger partial charge in [-0.05, 0) is 55.0 Å². The summed E-state index contributed by atoms with van der Waals surface area (Å²) in [5, 5.41) is 12.6. The molecule has 17 heteroatoms. The SMILES string of the molecule is C[C@H](c1ccc(OCC2CC(F)(F)C2)nc1)N1CCc2ccc(S(=O)(=O)Nc3noc(C4CC4)[nH+]3)cc2C1.O=C([O-])C(F)(F)F. The van der Waals surface area contributed by atoms with Crippen molar-refractivity contribution in [1.29, 1.82) is 0 Å². The van der Waals surface area contributed by atoms with Crippen LogP contribution >= 0.6 is 0 Å². The molecule has 2 fully saturated rings. The number of benzene rings is 1. The van der Waals surface area contributed by atoms with Crippen LogP contribution in [0.1, 0.15) is 67.1 Å². The summed E-state index contributed by atoms with van der Waals surface area (Å²) in [5.74, 6) is -4.30. The number of carboxylic acid groups (broad SMARTS) is 1. The number of rotatable bonds is 9. The number of ether oxygens (including phenoxy) is 1. The molecule has 0 bridgehead atoms. The third-order valence-corrected chi connectivity index (χ3v) is 9.18. The van der Waals surface area contributed by atoms with Gasteiger partial charge in [0.2, 0.25) is 11.8 Å². The van der Waals surface area contributed by atoms with E-state index in [1.165, 1.54) is 0 Å². The lowest BCUT2D eigenvalue weighted by molar-refractivity contribution is -0.382. The number of alkyl halides is 5. The number of carbonyl (C=O) groups excluding carboxylic acids is 1. The summed E-state index contributed by atoms with van der Waals surface area (Å²) in [6.07, 6.45) is -0.878. The number of halogens is 5. The molecule has 0 radical (unpaired) electrons. The minimum Gasteiger partial charge on any atom is -0.542 e. The highest BCUT2D eigenvalue weighted by atomic mass is 32.2. The first-order chi connectivity index (χ1) is 21.1. The summed E-state index contributed by atoms with van der Waals surface area (Å²) in [6.45, 7) is 3.75. The number of carboxylic acids is 1. The fraction of sp³-hybridized carbons (Fsp3) is 0.500. The molecule has 1 aliphatic heterocycles. The lowest BCUT2D eigenvalue weighted by atomic mass is 9.82. The van der Waals surface area contributed by atoms with Crippen LogP contribution in [0.2, 0.25) is 0 Å². The molecule has 3 aliphatic rings. The highest BCUT2D eigenvalue weighted by molar-refractivity contribution is 7.92. The average molecular weight is 660 g/mol. The molecule has 2 aliphatic carbocycles. The topological polar surface area (TPSA) is 152 Å². The van der Waals surface area contributed by atoms with Gasteiger partial charge in [-0.25, -0.2) is 18.7 Å². The van der Waals surface area contributed by atoms with Crippen LogP contribution in [0, 0.1) is 5.92 Å². The maximum Gasteiger partial charge on any atom is 0.446 e. The number of anilines is 1. The van der Waals surface area contributed by atoms with E-state index in [1.807, 2.05) is 12.1 Å². The first-order valence-corrected chi connectivity index (χ1v) is 15.6. The predicted molar refractivity (Wildman–Crippen MR) is 143 cm³/mol. The molecule has 2 aromatic heterocycles. The van der Waals surface area contributed by atoms with Crippen molar-refractivity contribution in [1.82, 2.24) is 15.0 Å². The molecular weight excluding hydrogens is 629 g/mol. The Labute approximate surface area is 254 Å².